The van der Waals surface area contributed by atoms with Crippen molar-refractivity contribution in [3.05, 3.63) is 53.9 Å². The number of benzene rings is 1. The minimum atomic E-state index is -1.14. The van der Waals surface area contributed by atoms with E-state index < -0.39 is 17.8 Å². The number of piperidine rings is 1. The number of phenols is 1. The van der Waals surface area contributed by atoms with Crippen molar-refractivity contribution >= 4 is 5.97 Å². The van der Waals surface area contributed by atoms with Crippen LogP contribution in [-0.4, -0.2) is 59.2 Å². The van der Waals surface area contributed by atoms with E-state index in [1.807, 2.05) is 0 Å². The second-order valence-electron chi connectivity index (χ2n) is 7.54. The molecule has 30 heavy (non-hydrogen) atoms. The number of nitrogens with one attached hydrogen (secondary N) is 2. The van der Waals surface area contributed by atoms with Crippen LogP contribution in [0.1, 0.15) is 35.8 Å². The summed E-state index contributed by atoms with van der Waals surface area (Å²) in [5.41, 5.74) is -0.128. The number of carbonyl (C=O) groups is 1. The third kappa shape index (κ3) is 5.47. The van der Waals surface area contributed by atoms with E-state index in [9.17, 15) is 15.0 Å². The molecule has 162 valence electrons. The third-order valence-corrected chi connectivity index (χ3v) is 5.29. The summed E-state index contributed by atoms with van der Waals surface area (Å²) in [6.07, 6.45) is 2.67. The van der Waals surface area contributed by atoms with Crippen LogP contribution in [0.3, 0.4) is 0 Å². The van der Waals surface area contributed by atoms with Gasteiger partial charge < -0.3 is 25.0 Å². The van der Waals surface area contributed by atoms with E-state index in [1.165, 1.54) is 25.4 Å². The molecule has 0 aliphatic carbocycles. The Labute approximate surface area is 176 Å². The van der Waals surface area contributed by atoms with E-state index in [2.05, 4.69) is 15.6 Å². The topological polar surface area (TPSA) is 113 Å². The lowest BCUT2D eigenvalue weighted by atomic mass is 9.96. The number of hydrogen-bond acceptors (Lipinski definition) is 8. The van der Waals surface area contributed by atoms with Crippen molar-refractivity contribution in [2.24, 2.45) is 0 Å². The Morgan fingerprint density at radius 3 is 2.53 bits per heavy atom. The van der Waals surface area contributed by atoms with Gasteiger partial charge in [-0.25, -0.2) is 4.79 Å². The smallest absolute Gasteiger partial charge is 0.339 e. The normalized spacial score (nSPS) is 17.7. The molecule has 0 spiro atoms. The van der Waals surface area contributed by atoms with Crippen molar-refractivity contribution < 1.29 is 24.5 Å². The van der Waals surface area contributed by atoms with Crippen LogP contribution in [0.5, 0.6) is 11.5 Å². The molecule has 0 radical (unpaired) electrons. The van der Waals surface area contributed by atoms with Crippen molar-refractivity contribution in [3.63, 3.8) is 0 Å². The molecule has 1 aromatic carbocycles. The van der Waals surface area contributed by atoms with Crippen molar-refractivity contribution in [3.8, 4) is 11.5 Å². The molecular weight excluding hydrogens is 386 g/mol. The lowest BCUT2D eigenvalue weighted by Crippen LogP contribution is -2.63. The molecule has 3 rings (SSSR count). The van der Waals surface area contributed by atoms with Crippen molar-refractivity contribution in [2.75, 3.05) is 20.2 Å². The fourth-order valence-corrected chi connectivity index (χ4v) is 3.54. The number of carbonyl (C=O) groups excluding carboxylic acids is 1. The lowest BCUT2D eigenvalue weighted by molar-refractivity contribution is -0.0793. The molecule has 4 N–H and O–H groups in total. The molecule has 8 nitrogen and oxygen atoms in total. The van der Waals surface area contributed by atoms with Gasteiger partial charge in [-0.3, -0.25) is 10.3 Å². The molecule has 1 saturated heterocycles. The van der Waals surface area contributed by atoms with Crippen molar-refractivity contribution in [1.82, 2.24) is 15.6 Å². The number of phenolic OH excluding ortho intramolecular Hbond substituents is 1. The molecule has 1 aromatic heterocycles. The molecule has 1 fully saturated rings. The quantitative estimate of drug-likeness (QED) is 0.380. The Hall–Kier alpha value is -2.68. The summed E-state index contributed by atoms with van der Waals surface area (Å²) in [5, 5.41) is 27.2. The third-order valence-electron chi connectivity index (χ3n) is 5.29. The lowest BCUT2D eigenvalue weighted by Gasteiger charge is -2.41. The number of aliphatic hydroxyl groups is 1. The molecule has 0 saturated carbocycles. The fraction of sp³-hybridized carbons (Fsp3) is 0.455. The Morgan fingerprint density at radius 1 is 1.27 bits per heavy atom. The number of aliphatic hydroxyl groups excluding tert-OH is 1. The molecule has 1 aliphatic heterocycles. The van der Waals surface area contributed by atoms with E-state index in [0.29, 0.717) is 17.0 Å². The van der Waals surface area contributed by atoms with Crippen LogP contribution >= 0.6 is 0 Å². The predicted octanol–water partition coefficient (Wildman–Crippen LogP) is 1.61. The van der Waals surface area contributed by atoms with Crippen molar-refractivity contribution in [1.29, 1.82) is 0 Å². The molecule has 1 aliphatic rings. The van der Waals surface area contributed by atoms with E-state index in [4.69, 9.17) is 9.47 Å². The first-order chi connectivity index (χ1) is 14.4. The van der Waals surface area contributed by atoms with Crippen LogP contribution in [0.4, 0.5) is 0 Å². The van der Waals surface area contributed by atoms with E-state index in [0.717, 1.165) is 25.9 Å². The number of methoxy groups -OCH3 is 1. The van der Waals surface area contributed by atoms with Gasteiger partial charge in [0.15, 0.2) is 5.72 Å². The molecule has 2 heterocycles. The van der Waals surface area contributed by atoms with Crippen LogP contribution < -0.4 is 15.4 Å². The Morgan fingerprint density at radius 2 is 1.97 bits per heavy atom. The maximum Gasteiger partial charge on any atom is 0.339 e. The van der Waals surface area contributed by atoms with Gasteiger partial charge in [-0.05, 0) is 69.3 Å². The minimum Gasteiger partial charge on any atom is -0.508 e. The van der Waals surface area contributed by atoms with Crippen LogP contribution in [-0.2, 0) is 11.2 Å². The number of pyridine rings is 1. The monoisotopic (exact) mass is 415 g/mol. The van der Waals surface area contributed by atoms with E-state index >= 15 is 0 Å². The van der Waals surface area contributed by atoms with Gasteiger partial charge in [-0.15, -0.1) is 0 Å². The summed E-state index contributed by atoms with van der Waals surface area (Å²) < 4.78 is 11.0. The molecule has 2 unspecified atom stereocenters. The zero-order valence-electron chi connectivity index (χ0n) is 17.3. The first-order valence-electron chi connectivity index (χ1n) is 10.1. The Balaban J connectivity index is 1.89. The summed E-state index contributed by atoms with van der Waals surface area (Å²) in [7, 11) is 1.32. The SMILES string of the molecule is COC(=O)c1ccc(CC(NC2CCNCC2)(Oc2ccc(O)cc2)C(C)O)nc1. The second kappa shape index (κ2) is 9.88. The van der Waals surface area contributed by atoms with Gasteiger partial charge in [0.1, 0.15) is 17.6 Å². The number of esters is 1. The highest BCUT2D eigenvalue weighted by molar-refractivity contribution is 5.88. The molecule has 2 aromatic rings. The summed E-state index contributed by atoms with van der Waals surface area (Å²) in [6, 6.07) is 9.92. The Bertz CT molecular complexity index is 820. The largest absolute Gasteiger partial charge is 0.508 e. The van der Waals surface area contributed by atoms with Gasteiger partial charge in [-0.2, -0.15) is 0 Å². The maximum atomic E-state index is 11.7. The van der Waals surface area contributed by atoms with Crippen LogP contribution in [0.15, 0.2) is 42.6 Å². The highest BCUT2D eigenvalue weighted by atomic mass is 16.5. The van der Waals surface area contributed by atoms with Gasteiger partial charge in [0, 0.05) is 24.4 Å². The highest BCUT2D eigenvalue weighted by Crippen LogP contribution is 2.27. The number of aromatic hydroxyl groups is 1. The van der Waals surface area contributed by atoms with Gasteiger partial charge in [0.05, 0.1) is 12.7 Å². The average Bonchev–Trinajstić information content (AvgIpc) is 2.76. The number of rotatable bonds is 8. The zero-order valence-corrected chi connectivity index (χ0v) is 17.3. The highest BCUT2D eigenvalue weighted by Gasteiger charge is 2.40. The van der Waals surface area contributed by atoms with E-state index in [-0.39, 0.29) is 18.2 Å². The maximum absolute atomic E-state index is 11.7. The summed E-state index contributed by atoms with van der Waals surface area (Å²) in [4.78, 5) is 16.1. The molecule has 0 amide bonds. The summed E-state index contributed by atoms with van der Waals surface area (Å²) >= 11 is 0. The number of hydrogen-bond donors (Lipinski definition) is 4. The number of aromatic nitrogens is 1. The van der Waals surface area contributed by atoms with Crippen LogP contribution in [0, 0.1) is 0 Å². The molecule has 8 heteroatoms. The van der Waals surface area contributed by atoms with Gasteiger partial charge in [0.2, 0.25) is 0 Å². The van der Waals surface area contributed by atoms with Crippen molar-refractivity contribution in [2.45, 2.75) is 44.1 Å². The number of ether oxygens (including phenoxy) is 2. The standard InChI is InChI=1S/C22H29N3O5/c1-15(26)22(25-17-9-11-23-12-10-17,30-20-7-5-19(27)6-8-20)13-18-4-3-16(14-24-18)21(28)29-2/h3-8,14-15,17,23,25-27H,9-13H2,1-2H3. The zero-order chi connectivity index (χ0) is 21.6. The Kier molecular flexibility index (Phi) is 7.25. The average molecular weight is 415 g/mol. The minimum absolute atomic E-state index is 0.136. The fourth-order valence-electron chi connectivity index (χ4n) is 3.54. The van der Waals surface area contributed by atoms with Crippen LogP contribution in [0.25, 0.3) is 0 Å². The molecule has 0 bridgehead atoms. The second-order valence-corrected chi connectivity index (χ2v) is 7.54. The van der Waals surface area contributed by atoms with Crippen LogP contribution in [0.2, 0.25) is 0 Å². The summed E-state index contributed by atoms with van der Waals surface area (Å²) in [5.74, 6) is 0.196. The molecular formula is C22H29N3O5. The summed E-state index contributed by atoms with van der Waals surface area (Å²) in [6.45, 7) is 3.45. The van der Waals surface area contributed by atoms with Gasteiger partial charge >= 0.3 is 5.97 Å². The molecule has 2 atom stereocenters. The van der Waals surface area contributed by atoms with E-state index in [1.54, 1.807) is 31.2 Å². The van der Waals surface area contributed by atoms with Gasteiger partial charge in [0.25, 0.3) is 0 Å². The number of nitrogens with zero attached hydrogens (tertiary/aromatic N) is 1. The predicted molar refractivity (Wildman–Crippen MR) is 111 cm³/mol. The first-order valence-corrected chi connectivity index (χ1v) is 10.1. The first kappa shape index (κ1) is 22.0. The van der Waals surface area contributed by atoms with Gasteiger partial charge in [-0.1, -0.05) is 0 Å².